The number of aromatic nitrogens is 1. The molecule has 3 rings (SSSR count). The van der Waals surface area contributed by atoms with E-state index in [0.29, 0.717) is 40.8 Å². The van der Waals surface area contributed by atoms with E-state index < -0.39 is 5.91 Å². The third kappa shape index (κ3) is 5.53. The van der Waals surface area contributed by atoms with Gasteiger partial charge in [0, 0.05) is 24.4 Å². The Morgan fingerprint density at radius 3 is 2.61 bits per heavy atom. The Hall–Kier alpha value is -4.01. The normalized spacial score (nSPS) is 10.3. The topological polar surface area (TPSA) is 112 Å². The van der Waals surface area contributed by atoms with Crippen LogP contribution in [0.1, 0.15) is 17.4 Å². The number of rotatable bonds is 9. The van der Waals surface area contributed by atoms with Crippen molar-refractivity contribution in [2.24, 2.45) is 0 Å². The number of hydrogen-bond donors (Lipinski definition) is 2. The van der Waals surface area contributed by atoms with Crippen molar-refractivity contribution >= 4 is 17.5 Å². The minimum Gasteiger partial charge on any atom is -0.497 e. The predicted octanol–water partition coefficient (Wildman–Crippen LogP) is 3.13. The minimum absolute atomic E-state index is 0.0912. The summed E-state index contributed by atoms with van der Waals surface area (Å²) in [5.41, 5.74) is 1.18. The number of nitrogens with one attached hydrogen (secondary N) is 2. The van der Waals surface area contributed by atoms with Gasteiger partial charge in [0.1, 0.15) is 17.2 Å². The van der Waals surface area contributed by atoms with Crippen LogP contribution in [-0.2, 0) is 4.79 Å². The third-order valence-corrected chi connectivity index (χ3v) is 4.25. The van der Waals surface area contributed by atoms with Gasteiger partial charge in [-0.2, -0.15) is 0 Å². The van der Waals surface area contributed by atoms with E-state index in [1.165, 1.54) is 13.2 Å². The molecule has 1 aromatic heterocycles. The summed E-state index contributed by atoms with van der Waals surface area (Å²) in [6.45, 7) is 2.24. The molecular weight excluding hydrogens is 402 g/mol. The Morgan fingerprint density at radius 2 is 1.87 bits per heavy atom. The standard InChI is InChI=1S/C22H23N3O6/c1-4-23-21(26)13-30-16-7-5-6-14(10-16)24-22(27)18-12-20(31-25-18)17-11-15(28-2)8-9-19(17)29-3/h5-12H,4,13H2,1-3H3,(H,23,26)(H,24,27). The highest BCUT2D eigenvalue weighted by molar-refractivity contribution is 6.03. The molecule has 0 aliphatic rings. The fourth-order valence-electron chi connectivity index (χ4n) is 2.77. The lowest BCUT2D eigenvalue weighted by molar-refractivity contribution is -0.122. The van der Waals surface area contributed by atoms with Gasteiger partial charge in [-0.05, 0) is 37.3 Å². The first-order valence-electron chi connectivity index (χ1n) is 9.54. The molecule has 0 saturated heterocycles. The quantitative estimate of drug-likeness (QED) is 0.542. The molecule has 31 heavy (non-hydrogen) atoms. The molecule has 1 heterocycles. The van der Waals surface area contributed by atoms with Crippen molar-refractivity contribution in [3.63, 3.8) is 0 Å². The van der Waals surface area contributed by atoms with Crippen molar-refractivity contribution in [3.8, 4) is 28.6 Å². The summed E-state index contributed by atoms with van der Waals surface area (Å²) >= 11 is 0. The second-order valence-electron chi connectivity index (χ2n) is 6.37. The molecule has 0 bridgehead atoms. The molecule has 9 nitrogen and oxygen atoms in total. The Bertz CT molecular complexity index is 1060. The third-order valence-electron chi connectivity index (χ3n) is 4.25. The van der Waals surface area contributed by atoms with Crippen LogP contribution < -0.4 is 24.8 Å². The minimum atomic E-state index is -0.460. The highest BCUT2D eigenvalue weighted by Crippen LogP contribution is 2.33. The van der Waals surface area contributed by atoms with Crippen molar-refractivity contribution in [2.45, 2.75) is 6.92 Å². The summed E-state index contributed by atoms with van der Waals surface area (Å²) in [4.78, 5) is 24.1. The van der Waals surface area contributed by atoms with Crippen LogP contribution in [0.4, 0.5) is 5.69 Å². The summed E-state index contributed by atoms with van der Waals surface area (Å²) < 4.78 is 21.4. The molecule has 0 unspecified atom stereocenters. The molecule has 0 aliphatic heterocycles. The van der Waals surface area contributed by atoms with Crippen LogP contribution in [0.15, 0.2) is 53.1 Å². The van der Waals surface area contributed by atoms with Crippen LogP contribution in [0.25, 0.3) is 11.3 Å². The monoisotopic (exact) mass is 425 g/mol. The van der Waals surface area contributed by atoms with Crippen molar-refractivity contribution in [1.82, 2.24) is 10.5 Å². The van der Waals surface area contributed by atoms with Crippen LogP contribution in [-0.4, -0.2) is 44.3 Å². The lowest BCUT2D eigenvalue weighted by Gasteiger charge is -2.08. The molecule has 3 aromatic rings. The van der Waals surface area contributed by atoms with Crippen molar-refractivity contribution in [1.29, 1.82) is 0 Å². The number of methoxy groups -OCH3 is 2. The Balaban J connectivity index is 1.71. The highest BCUT2D eigenvalue weighted by atomic mass is 16.5. The number of ether oxygens (including phenoxy) is 3. The van der Waals surface area contributed by atoms with Crippen molar-refractivity contribution in [3.05, 3.63) is 54.2 Å². The predicted molar refractivity (Wildman–Crippen MR) is 114 cm³/mol. The van der Waals surface area contributed by atoms with E-state index in [0.717, 1.165) is 0 Å². The molecule has 0 saturated carbocycles. The lowest BCUT2D eigenvalue weighted by atomic mass is 10.1. The Morgan fingerprint density at radius 1 is 1.03 bits per heavy atom. The number of nitrogens with zero attached hydrogens (tertiary/aromatic N) is 1. The van der Waals surface area contributed by atoms with E-state index in [2.05, 4.69) is 15.8 Å². The number of likely N-dealkylation sites (N-methyl/N-ethyl adjacent to an activating group) is 1. The fourth-order valence-corrected chi connectivity index (χ4v) is 2.77. The van der Waals surface area contributed by atoms with E-state index in [-0.39, 0.29) is 18.2 Å². The zero-order valence-corrected chi connectivity index (χ0v) is 17.4. The van der Waals surface area contributed by atoms with E-state index >= 15 is 0 Å². The second-order valence-corrected chi connectivity index (χ2v) is 6.37. The van der Waals surface area contributed by atoms with Gasteiger partial charge in [0.05, 0.1) is 19.8 Å². The van der Waals surface area contributed by atoms with Crippen LogP contribution in [0.5, 0.6) is 17.2 Å². The van der Waals surface area contributed by atoms with Crippen molar-refractivity contribution in [2.75, 3.05) is 32.7 Å². The summed E-state index contributed by atoms with van der Waals surface area (Å²) in [7, 11) is 3.09. The van der Waals surface area contributed by atoms with Gasteiger partial charge in [0.25, 0.3) is 11.8 Å². The zero-order chi connectivity index (χ0) is 22.2. The van der Waals surface area contributed by atoms with Gasteiger partial charge in [-0.1, -0.05) is 11.2 Å². The number of amides is 2. The van der Waals surface area contributed by atoms with E-state index in [9.17, 15) is 9.59 Å². The second kappa shape index (κ2) is 10.1. The summed E-state index contributed by atoms with van der Waals surface area (Å²) in [5.74, 6) is 1.30. The summed E-state index contributed by atoms with van der Waals surface area (Å²) in [5, 5.41) is 9.23. The number of benzene rings is 2. The van der Waals surface area contributed by atoms with Crippen LogP contribution >= 0.6 is 0 Å². The molecule has 0 radical (unpaired) electrons. The maximum atomic E-state index is 12.6. The van der Waals surface area contributed by atoms with Gasteiger partial charge >= 0.3 is 0 Å². The summed E-state index contributed by atoms with van der Waals surface area (Å²) in [6.07, 6.45) is 0. The number of anilines is 1. The number of carbonyl (C=O) groups excluding carboxylic acids is 2. The van der Waals surface area contributed by atoms with Gasteiger partial charge in [-0.3, -0.25) is 9.59 Å². The van der Waals surface area contributed by atoms with Gasteiger partial charge in [-0.15, -0.1) is 0 Å². The average molecular weight is 425 g/mol. The summed E-state index contributed by atoms with van der Waals surface area (Å²) in [6, 6.07) is 13.5. The molecule has 0 fully saturated rings. The molecule has 0 atom stereocenters. The molecule has 2 N–H and O–H groups in total. The van der Waals surface area contributed by atoms with Crippen LogP contribution in [0.3, 0.4) is 0 Å². The zero-order valence-electron chi connectivity index (χ0n) is 17.4. The maximum Gasteiger partial charge on any atom is 0.277 e. The smallest absolute Gasteiger partial charge is 0.277 e. The van der Waals surface area contributed by atoms with Crippen molar-refractivity contribution < 1.29 is 28.3 Å². The van der Waals surface area contributed by atoms with Gasteiger partial charge in [-0.25, -0.2) is 0 Å². The Labute approximate surface area is 179 Å². The van der Waals surface area contributed by atoms with E-state index in [1.807, 2.05) is 6.92 Å². The maximum absolute atomic E-state index is 12.6. The number of carbonyl (C=O) groups is 2. The van der Waals surface area contributed by atoms with Crippen LogP contribution in [0.2, 0.25) is 0 Å². The first-order valence-corrected chi connectivity index (χ1v) is 9.54. The first kappa shape index (κ1) is 21.7. The lowest BCUT2D eigenvalue weighted by Crippen LogP contribution is -2.28. The molecule has 9 heteroatoms. The van der Waals surface area contributed by atoms with Gasteiger partial charge < -0.3 is 29.4 Å². The van der Waals surface area contributed by atoms with E-state index in [4.69, 9.17) is 18.7 Å². The Kier molecular flexibility index (Phi) is 7.10. The largest absolute Gasteiger partial charge is 0.497 e. The van der Waals surface area contributed by atoms with Gasteiger partial charge in [0.15, 0.2) is 18.1 Å². The molecule has 0 aliphatic carbocycles. The number of hydrogen-bond acceptors (Lipinski definition) is 7. The molecule has 2 aromatic carbocycles. The first-order chi connectivity index (χ1) is 15.0. The molecule has 0 spiro atoms. The fraction of sp³-hybridized carbons (Fsp3) is 0.227. The highest BCUT2D eigenvalue weighted by Gasteiger charge is 2.17. The van der Waals surface area contributed by atoms with Crippen LogP contribution in [0, 0.1) is 0 Å². The average Bonchev–Trinajstić information content (AvgIpc) is 3.28. The van der Waals surface area contributed by atoms with E-state index in [1.54, 1.807) is 49.6 Å². The molecule has 162 valence electrons. The molecular formula is C22H23N3O6. The molecule has 2 amide bonds. The SMILES string of the molecule is CCNC(=O)COc1cccc(NC(=O)c2cc(-c3cc(OC)ccc3OC)on2)c1. The van der Waals surface area contributed by atoms with Gasteiger partial charge in [0.2, 0.25) is 0 Å².